The molecule has 1 aromatic heterocycles. The fourth-order valence-corrected chi connectivity index (χ4v) is 2.91. The molecule has 2 heterocycles. The van der Waals surface area contributed by atoms with Gasteiger partial charge in [-0.2, -0.15) is 0 Å². The summed E-state index contributed by atoms with van der Waals surface area (Å²) >= 11 is 0. The van der Waals surface area contributed by atoms with Gasteiger partial charge in [-0.25, -0.2) is 18.1 Å². The topological polar surface area (TPSA) is 76.0 Å². The van der Waals surface area contributed by atoms with Crippen LogP contribution in [-0.4, -0.2) is 37.1 Å². The minimum absolute atomic E-state index is 0.0169. The number of aryl methyl sites for hydroxylation is 1. The van der Waals surface area contributed by atoms with Gasteiger partial charge in [0.15, 0.2) is 5.03 Å². The summed E-state index contributed by atoms with van der Waals surface area (Å²) in [5.74, 6) is 0. The molecule has 0 bridgehead atoms. The third-order valence-electron chi connectivity index (χ3n) is 2.63. The van der Waals surface area contributed by atoms with Crippen LogP contribution in [0.2, 0.25) is 0 Å². The standard InChI is InChI=1S/C9H16N4O2S/c1-2-13-6-9(11-7-13)16(14,15)12-8-3-4-10-5-8/h6-8,10,12H,2-5H2,1H3/t8-/m0/s1. The monoisotopic (exact) mass is 244 g/mol. The highest BCUT2D eigenvalue weighted by Crippen LogP contribution is 2.08. The van der Waals surface area contributed by atoms with Gasteiger partial charge in [0, 0.05) is 25.3 Å². The number of hydrogen-bond acceptors (Lipinski definition) is 4. The normalized spacial score (nSPS) is 21.4. The fourth-order valence-electron chi connectivity index (χ4n) is 1.69. The Labute approximate surface area is 95.1 Å². The Morgan fingerprint density at radius 2 is 2.50 bits per heavy atom. The van der Waals surface area contributed by atoms with Gasteiger partial charge in [-0.1, -0.05) is 0 Å². The van der Waals surface area contributed by atoms with Crippen LogP contribution in [0, 0.1) is 0 Å². The van der Waals surface area contributed by atoms with Crippen LogP contribution >= 0.6 is 0 Å². The number of rotatable bonds is 4. The zero-order valence-corrected chi connectivity index (χ0v) is 10.00. The molecular weight excluding hydrogens is 228 g/mol. The van der Waals surface area contributed by atoms with Crippen molar-refractivity contribution in [3.05, 3.63) is 12.5 Å². The average Bonchev–Trinajstić information content (AvgIpc) is 2.85. The van der Waals surface area contributed by atoms with Crippen molar-refractivity contribution >= 4 is 10.0 Å². The smallest absolute Gasteiger partial charge is 0.259 e. The molecule has 2 rings (SSSR count). The number of nitrogens with zero attached hydrogens (tertiary/aromatic N) is 2. The van der Waals surface area contributed by atoms with Crippen LogP contribution in [-0.2, 0) is 16.6 Å². The summed E-state index contributed by atoms with van der Waals surface area (Å²) in [5, 5.41) is 3.21. The largest absolute Gasteiger partial charge is 0.336 e. The van der Waals surface area contributed by atoms with E-state index in [0.717, 1.165) is 13.0 Å². The molecule has 1 saturated heterocycles. The Morgan fingerprint density at radius 1 is 1.69 bits per heavy atom. The lowest BCUT2D eigenvalue weighted by atomic mass is 10.3. The van der Waals surface area contributed by atoms with Gasteiger partial charge in [0.2, 0.25) is 0 Å². The fraction of sp³-hybridized carbons (Fsp3) is 0.667. The molecule has 1 aromatic rings. The van der Waals surface area contributed by atoms with Crippen LogP contribution in [0.15, 0.2) is 17.6 Å². The number of imidazole rings is 1. The average molecular weight is 244 g/mol. The summed E-state index contributed by atoms with van der Waals surface area (Å²) in [4.78, 5) is 3.89. The molecular formula is C9H16N4O2S. The van der Waals surface area contributed by atoms with Crippen molar-refractivity contribution in [3.8, 4) is 0 Å². The van der Waals surface area contributed by atoms with E-state index in [1.165, 1.54) is 6.33 Å². The van der Waals surface area contributed by atoms with E-state index in [9.17, 15) is 8.42 Å². The van der Waals surface area contributed by atoms with Gasteiger partial charge in [-0.15, -0.1) is 0 Å². The second-order valence-electron chi connectivity index (χ2n) is 3.85. The summed E-state index contributed by atoms with van der Waals surface area (Å²) in [7, 11) is -3.45. The Hall–Kier alpha value is -0.920. The second kappa shape index (κ2) is 4.52. The highest BCUT2D eigenvalue weighted by molar-refractivity contribution is 7.89. The summed E-state index contributed by atoms with van der Waals surface area (Å²) in [5.41, 5.74) is 0. The minimum atomic E-state index is -3.45. The third kappa shape index (κ3) is 2.42. The van der Waals surface area contributed by atoms with Gasteiger partial charge in [0.05, 0.1) is 6.33 Å². The second-order valence-corrected chi connectivity index (χ2v) is 5.51. The lowest BCUT2D eigenvalue weighted by molar-refractivity contribution is 0.557. The molecule has 0 radical (unpaired) electrons. The summed E-state index contributed by atoms with van der Waals surface area (Å²) < 4.78 is 28.2. The van der Waals surface area contributed by atoms with Crippen LogP contribution in [0.5, 0.6) is 0 Å². The van der Waals surface area contributed by atoms with E-state index in [1.54, 1.807) is 10.8 Å². The third-order valence-corrected chi connectivity index (χ3v) is 4.04. The van der Waals surface area contributed by atoms with Crippen LogP contribution in [0.3, 0.4) is 0 Å². The van der Waals surface area contributed by atoms with E-state index in [0.29, 0.717) is 13.1 Å². The van der Waals surface area contributed by atoms with E-state index < -0.39 is 10.0 Å². The molecule has 0 unspecified atom stereocenters. The first-order chi connectivity index (χ1) is 7.62. The van der Waals surface area contributed by atoms with E-state index in [4.69, 9.17) is 0 Å². The van der Waals surface area contributed by atoms with Gasteiger partial charge in [-0.3, -0.25) is 0 Å². The molecule has 0 saturated carbocycles. The highest BCUT2D eigenvalue weighted by Gasteiger charge is 2.24. The molecule has 90 valence electrons. The SMILES string of the molecule is CCn1cnc(S(=O)(=O)N[C@H]2CCNC2)c1. The zero-order chi connectivity index (χ0) is 11.6. The quantitative estimate of drug-likeness (QED) is 0.751. The summed E-state index contributed by atoms with van der Waals surface area (Å²) in [6.07, 6.45) is 3.90. The van der Waals surface area contributed by atoms with Crippen molar-refractivity contribution in [2.24, 2.45) is 0 Å². The molecule has 0 aromatic carbocycles. The molecule has 6 nitrogen and oxygen atoms in total. The van der Waals surface area contributed by atoms with Crippen LogP contribution in [0.1, 0.15) is 13.3 Å². The van der Waals surface area contributed by atoms with Crippen molar-refractivity contribution < 1.29 is 8.42 Å². The van der Waals surface area contributed by atoms with E-state index in [-0.39, 0.29) is 11.1 Å². The molecule has 0 aliphatic carbocycles. The van der Waals surface area contributed by atoms with Crippen molar-refractivity contribution in [2.75, 3.05) is 13.1 Å². The van der Waals surface area contributed by atoms with Crippen molar-refractivity contribution in [1.29, 1.82) is 0 Å². The number of hydrogen-bond donors (Lipinski definition) is 2. The van der Waals surface area contributed by atoms with E-state index in [2.05, 4.69) is 15.0 Å². The van der Waals surface area contributed by atoms with Gasteiger partial charge in [0.25, 0.3) is 10.0 Å². The summed E-state index contributed by atoms with van der Waals surface area (Å²) in [6.45, 7) is 4.20. The van der Waals surface area contributed by atoms with Gasteiger partial charge < -0.3 is 9.88 Å². The number of sulfonamides is 1. The minimum Gasteiger partial charge on any atom is -0.336 e. The Balaban J connectivity index is 2.11. The lowest BCUT2D eigenvalue weighted by Crippen LogP contribution is -2.36. The zero-order valence-electron chi connectivity index (χ0n) is 9.18. The van der Waals surface area contributed by atoms with Crippen LogP contribution in [0.4, 0.5) is 0 Å². The molecule has 1 fully saturated rings. The molecule has 7 heteroatoms. The number of nitrogens with one attached hydrogen (secondary N) is 2. The van der Waals surface area contributed by atoms with Crippen LogP contribution in [0.25, 0.3) is 0 Å². The predicted octanol–water partition coefficient (Wildman–Crippen LogP) is -0.457. The molecule has 2 N–H and O–H groups in total. The van der Waals surface area contributed by atoms with Crippen molar-refractivity contribution in [2.45, 2.75) is 31.0 Å². The maximum atomic E-state index is 11.9. The number of aromatic nitrogens is 2. The molecule has 1 aliphatic rings. The highest BCUT2D eigenvalue weighted by atomic mass is 32.2. The molecule has 16 heavy (non-hydrogen) atoms. The van der Waals surface area contributed by atoms with Gasteiger partial charge >= 0.3 is 0 Å². The Kier molecular flexibility index (Phi) is 3.27. The van der Waals surface area contributed by atoms with E-state index in [1.807, 2.05) is 6.92 Å². The predicted molar refractivity (Wildman–Crippen MR) is 59.5 cm³/mol. The molecule has 0 spiro atoms. The first-order valence-corrected chi connectivity index (χ1v) is 6.85. The van der Waals surface area contributed by atoms with Gasteiger partial charge in [-0.05, 0) is 19.9 Å². The molecule has 1 aliphatic heterocycles. The Morgan fingerprint density at radius 3 is 3.06 bits per heavy atom. The first-order valence-electron chi connectivity index (χ1n) is 5.36. The van der Waals surface area contributed by atoms with Gasteiger partial charge in [0.1, 0.15) is 0 Å². The van der Waals surface area contributed by atoms with Crippen molar-refractivity contribution in [3.63, 3.8) is 0 Å². The maximum Gasteiger partial charge on any atom is 0.259 e. The van der Waals surface area contributed by atoms with Crippen molar-refractivity contribution in [1.82, 2.24) is 19.6 Å². The lowest BCUT2D eigenvalue weighted by Gasteiger charge is -2.09. The van der Waals surface area contributed by atoms with E-state index >= 15 is 0 Å². The maximum absolute atomic E-state index is 11.9. The molecule has 1 atom stereocenters. The first kappa shape index (κ1) is 11.6. The summed E-state index contributed by atoms with van der Waals surface area (Å²) in [6, 6.07) is -0.0169. The Bertz CT molecular complexity index is 448. The molecule has 0 amide bonds. The van der Waals surface area contributed by atoms with Crippen LogP contribution < -0.4 is 10.0 Å².